The standard InChI is InChI=1S/C26H29N3O6/c1-26(2)34-23(30)22(24(31)35-26)16-27-19-8-10-20(11-9-19)28-21-12-14-29(15-13-21)25(32)33-17-18-6-4-3-5-7-18/h3-11,16,21,27-28H,12-15,17H2,1-2H3. The Morgan fingerprint density at radius 1 is 1.00 bits per heavy atom. The number of hydrogen-bond acceptors (Lipinski definition) is 8. The minimum atomic E-state index is -1.27. The molecule has 2 N–H and O–H groups in total. The van der Waals surface area contributed by atoms with E-state index in [1.807, 2.05) is 54.6 Å². The Hall–Kier alpha value is -4.01. The molecule has 0 aliphatic carbocycles. The Morgan fingerprint density at radius 2 is 1.60 bits per heavy atom. The summed E-state index contributed by atoms with van der Waals surface area (Å²) in [7, 11) is 0. The second-order valence-electron chi connectivity index (χ2n) is 8.90. The van der Waals surface area contributed by atoms with Gasteiger partial charge >= 0.3 is 18.0 Å². The molecule has 35 heavy (non-hydrogen) atoms. The van der Waals surface area contributed by atoms with Gasteiger partial charge in [0.25, 0.3) is 5.79 Å². The molecule has 9 heteroatoms. The molecule has 0 saturated carbocycles. The van der Waals surface area contributed by atoms with Gasteiger partial charge in [-0.3, -0.25) is 0 Å². The highest BCUT2D eigenvalue weighted by Gasteiger charge is 2.38. The lowest BCUT2D eigenvalue weighted by Crippen LogP contribution is -2.42. The summed E-state index contributed by atoms with van der Waals surface area (Å²) in [6.45, 7) is 4.53. The molecule has 2 fully saturated rings. The lowest BCUT2D eigenvalue weighted by molar-refractivity contribution is -0.222. The van der Waals surface area contributed by atoms with Gasteiger partial charge in [-0.1, -0.05) is 30.3 Å². The molecule has 2 aromatic carbocycles. The van der Waals surface area contributed by atoms with Crippen LogP contribution in [0.5, 0.6) is 0 Å². The van der Waals surface area contributed by atoms with Crippen molar-refractivity contribution in [1.29, 1.82) is 0 Å². The number of esters is 2. The molecule has 0 spiro atoms. The molecule has 2 aromatic rings. The van der Waals surface area contributed by atoms with Crippen LogP contribution in [0.2, 0.25) is 0 Å². The summed E-state index contributed by atoms with van der Waals surface area (Å²) in [4.78, 5) is 38.1. The molecule has 0 atom stereocenters. The van der Waals surface area contributed by atoms with Crippen LogP contribution in [0.4, 0.5) is 16.2 Å². The first-order valence-corrected chi connectivity index (χ1v) is 11.5. The van der Waals surface area contributed by atoms with Crippen LogP contribution in [0.15, 0.2) is 66.4 Å². The molecular formula is C26H29N3O6. The number of benzene rings is 2. The summed E-state index contributed by atoms with van der Waals surface area (Å²) in [6, 6.07) is 17.3. The number of nitrogens with one attached hydrogen (secondary N) is 2. The molecule has 2 aliphatic heterocycles. The van der Waals surface area contributed by atoms with Crippen molar-refractivity contribution >= 4 is 29.4 Å². The van der Waals surface area contributed by atoms with Crippen LogP contribution >= 0.6 is 0 Å². The summed E-state index contributed by atoms with van der Waals surface area (Å²) in [6.07, 6.45) is 2.63. The minimum absolute atomic E-state index is 0.194. The molecular weight excluding hydrogens is 450 g/mol. The third kappa shape index (κ3) is 6.53. The van der Waals surface area contributed by atoms with Crippen molar-refractivity contribution < 1.29 is 28.6 Å². The zero-order chi connectivity index (χ0) is 24.8. The monoisotopic (exact) mass is 479 g/mol. The van der Waals surface area contributed by atoms with Crippen molar-refractivity contribution in [1.82, 2.24) is 4.90 Å². The lowest BCUT2D eigenvalue weighted by Gasteiger charge is -2.32. The van der Waals surface area contributed by atoms with Crippen molar-refractivity contribution in [3.8, 4) is 0 Å². The minimum Gasteiger partial charge on any atom is -0.445 e. The summed E-state index contributed by atoms with van der Waals surface area (Å²) in [5.74, 6) is -2.73. The summed E-state index contributed by atoms with van der Waals surface area (Å²) in [5.41, 5.74) is 2.41. The van der Waals surface area contributed by atoms with Crippen LogP contribution in [0, 0.1) is 0 Å². The fraction of sp³-hybridized carbons (Fsp3) is 0.346. The van der Waals surface area contributed by atoms with E-state index in [4.69, 9.17) is 14.2 Å². The highest BCUT2D eigenvalue weighted by atomic mass is 16.7. The van der Waals surface area contributed by atoms with E-state index in [1.54, 1.807) is 4.90 Å². The number of carbonyl (C=O) groups excluding carboxylic acids is 3. The van der Waals surface area contributed by atoms with E-state index in [2.05, 4.69) is 10.6 Å². The van der Waals surface area contributed by atoms with Gasteiger partial charge in [-0.15, -0.1) is 0 Å². The molecule has 0 bridgehead atoms. The van der Waals surface area contributed by atoms with Crippen LogP contribution in [-0.4, -0.2) is 47.9 Å². The van der Waals surface area contributed by atoms with Gasteiger partial charge in [-0.25, -0.2) is 14.4 Å². The highest BCUT2D eigenvalue weighted by molar-refractivity contribution is 6.15. The predicted octanol–water partition coefficient (Wildman–Crippen LogP) is 4.03. The molecule has 9 nitrogen and oxygen atoms in total. The fourth-order valence-electron chi connectivity index (χ4n) is 3.85. The molecule has 0 aromatic heterocycles. The van der Waals surface area contributed by atoms with E-state index >= 15 is 0 Å². The number of nitrogens with zero attached hydrogens (tertiary/aromatic N) is 1. The van der Waals surface area contributed by atoms with Gasteiger partial charge in [-0.05, 0) is 42.7 Å². The van der Waals surface area contributed by atoms with Gasteiger partial charge in [0.05, 0.1) is 0 Å². The average molecular weight is 480 g/mol. The quantitative estimate of drug-likeness (QED) is 0.363. The summed E-state index contributed by atoms with van der Waals surface area (Å²) < 4.78 is 15.6. The number of piperidine rings is 1. The zero-order valence-corrected chi connectivity index (χ0v) is 19.8. The lowest BCUT2D eigenvalue weighted by atomic mass is 10.0. The predicted molar refractivity (Wildman–Crippen MR) is 129 cm³/mol. The number of anilines is 2. The van der Waals surface area contributed by atoms with E-state index in [0.717, 1.165) is 24.1 Å². The zero-order valence-electron chi connectivity index (χ0n) is 19.8. The maximum atomic E-state index is 12.3. The van der Waals surface area contributed by atoms with Crippen LogP contribution in [0.1, 0.15) is 32.3 Å². The third-order valence-electron chi connectivity index (χ3n) is 5.71. The van der Waals surface area contributed by atoms with Gasteiger partial charge in [0.15, 0.2) is 5.57 Å². The fourth-order valence-corrected chi connectivity index (χ4v) is 3.85. The number of likely N-dealkylation sites (tertiary alicyclic amines) is 1. The largest absolute Gasteiger partial charge is 0.445 e. The second kappa shape index (κ2) is 10.5. The van der Waals surface area contributed by atoms with Crippen molar-refractivity contribution in [3.05, 3.63) is 71.9 Å². The van der Waals surface area contributed by atoms with E-state index in [9.17, 15) is 14.4 Å². The molecule has 2 saturated heterocycles. The topological polar surface area (TPSA) is 106 Å². The Bertz CT molecular complexity index is 1070. The highest BCUT2D eigenvalue weighted by Crippen LogP contribution is 2.23. The normalized spacial score (nSPS) is 17.8. The van der Waals surface area contributed by atoms with Crippen LogP contribution in [-0.2, 0) is 30.4 Å². The van der Waals surface area contributed by atoms with Gasteiger partial charge in [0.2, 0.25) is 0 Å². The number of cyclic esters (lactones) is 2. The molecule has 1 amide bonds. The van der Waals surface area contributed by atoms with E-state index in [1.165, 1.54) is 20.0 Å². The number of amides is 1. The number of hydrogen-bond donors (Lipinski definition) is 2. The maximum absolute atomic E-state index is 12.3. The first-order valence-electron chi connectivity index (χ1n) is 11.5. The van der Waals surface area contributed by atoms with Gasteiger partial charge in [0, 0.05) is 50.6 Å². The maximum Gasteiger partial charge on any atom is 0.410 e. The van der Waals surface area contributed by atoms with E-state index in [0.29, 0.717) is 18.8 Å². The van der Waals surface area contributed by atoms with Crippen molar-refractivity contribution in [2.75, 3.05) is 23.7 Å². The van der Waals surface area contributed by atoms with Crippen molar-refractivity contribution in [2.45, 2.75) is 45.1 Å². The van der Waals surface area contributed by atoms with Gasteiger partial charge in [0.1, 0.15) is 6.61 Å². The van der Waals surface area contributed by atoms with Gasteiger partial charge in [-0.2, -0.15) is 0 Å². The van der Waals surface area contributed by atoms with Gasteiger partial charge < -0.3 is 29.7 Å². The molecule has 0 radical (unpaired) electrons. The number of ether oxygens (including phenoxy) is 3. The first-order chi connectivity index (χ1) is 16.8. The van der Waals surface area contributed by atoms with E-state index in [-0.39, 0.29) is 24.3 Å². The summed E-state index contributed by atoms with van der Waals surface area (Å²) >= 11 is 0. The molecule has 0 unspecified atom stereocenters. The Kier molecular flexibility index (Phi) is 7.24. The first kappa shape index (κ1) is 24.1. The average Bonchev–Trinajstić information content (AvgIpc) is 2.83. The van der Waals surface area contributed by atoms with Crippen LogP contribution in [0.3, 0.4) is 0 Å². The molecule has 4 rings (SSSR count). The number of carbonyl (C=O) groups is 3. The van der Waals surface area contributed by atoms with Crippen molar-refractivity contribution in [3.63, 3.8) is 0 Å². The molecule has 2 aliphatic rings. The third-order valence-corrected chi connectivity index (χ3v) is 5.71. The summed E-state index contributed by atoms with van der Waals surface area (Å²) in [5, 5.41) is 6.41. The number of rotatable bonds is 6. The van der Waals surface area contributed by atoms with Crippen LogP contribution < -0.4 is 10.6 Å². The SMILES string of the molecule is CC1(C)OC(=O)C(=CNc2ccc(NC3CCN(C(=O)OCc4ccccc4)CC3)cc2)C(=O)O1. The smallest absolute Gasteiger partial charge is 0.410 e. The van der Waals surface area contributed by atoms with Crippen LogP contribution in [0.25, 0.3) is 0 Å². The Morgan fingerprint density at radius 3 is 2.23 bits per heavy atom. The Labute approximate surface area is 204 Å². The molecule has 2 heterocycles. The second-order valence-corrected chi connectivity index (χ2v) is 8.90. The molecule has 184 valence electrons. The Balaban J connectivity index is 1.22. The van der Waals surface area contributed by atoms with Crippen molar-refractivity contribution in [2.24, 2.45) is 0 Å². The van der Waals surface area contributed by atoms with E-state index < -0.39 is 17.7 Å².